The van der Waals surface area contributed by atoms with Crippen molar-refractivity contribution in [2.45, 2.75) is 103 Å². The standard InChI is InChI=1S/C29H42O3/c1-20(30)32-23-12-15-27(2)22(19-23)9-10-24-25(27)13-16-28(3)26(24)14-18-29(28,31)17-11-21-7-5-4-6-8-21/h4-8,22-26,31H,9-19H2,1-3H3/t22-,23-,24-,25+,26-,27+,28-,29+/m1/s1. The third-order valence-corrected chi connectivity index (χ3v) is 10.9. The summed E-state index contributed by atoms with van der Waals surface area (Å²) in [4.78, 5) is 11.5. The van der Waals surface area contributed by atoms with Crippen LogP contribution >= 0.6 is 0 Å². The lowest BCUT2D eigenvalue weighted by Crippen LogP contribution is -2.57. The first-order chi connectivity index (χ1) is 15.3. The van der Waals surface area contributed by atoms with E-state index in [0.29, 0.717) is 17.3 Å². The van der Waals surface area contributed by atoms with Crippen LogP contribution in [0.4, 0.5) is 0 Å². The summed E-state index contributed by atoms with van der Waals surface area (Å²) in [6.45, 7) is 6.53. The summed E-state index contributed by atoms with van der Waals surface area (Å²) in [5.41, 5.74) is 1.26. The van der Waals surface area contributed by atoms with Crippen LogP contribution in [0.3, 0.4) is 0 Å². The predicted octanol–water partition coefficient (Wildman–Crippen LogP) is 6.32. The summed E-state index contributed by atoms with van der Waals surface area (Å²) < 4.78 is 5.63. The van der Waals surface area contributed by atoms with E-state index in [2.05, 4.69) is 44.2 Å². The maximum absolute atomic E-state index is 12.0. The number of carbonyl (C=O) groups is 1. The molecule has 8 atom stereocenters. The molecule has 5 rings (SSSR count). The van der Waals surface area contributed by atoms with Crippen LogP contribution in [-0.2, 0) is 16.0 Å². The lowest BCUT2D eigenvalue weighted by Gasteiger charge is -2.61. The number of hydrogen-bond acceptors (Lipinski definition) is 3. The molecule has 1 aromatic rings. The molecular weight excluding hydrogens is 396 g/mol. The number of carbonyl (C=O) groups excluding carboxylic acids is 1. The van der Waals surface area contributed by atoms with E-state index < -0.39 is 5.60 Å². The zero-order valence-corrected chi connectivity index (χ0v) is 20.3. The quantitative estimate of drug-likeness (QED) is 0.559. The van der Waals surface area contributed by atoms with E-state index in [4.69, 9.17) is 4.74 Å². The normalized spacial score (nSPS) is 45.4. The number of aliphatic hydroxyl groups is 1. The van der Waals surface area contributed by atoms with Gasteiger partial charge in [-0.2, -0.15) is 0 Å². The molecule has 0 unspecified atom stereocenters. The number of rotatable bonds is 4. The van der Waals surface area contributed by atoms with Crippen molar-refractivity contribution in [1.29, 1.82) is 0 Å². The average molecular weight is 439 g/mol. The number of aryl methyl sites for hydroxylation is 1. The fourth-order valence-electron chi connectivity index (χ4n) is 9.08. The van der Waals surface area contributed by atoms with Gasteiger partial charge in [0.25, 0.3) is 0 Å². The van der Waals surface area contributed by atoms with Gasteiger partial charge in [0, 0.05) is 6.92 Å². The van der Waals surface area contributed by atoms with E-state index in [1.165, 1.54) is 44.1 Å². The Hall–Kier alpha value is -1.35. The van der Waals surface area contributed by atoms with Gasteiger partial charge < -0.3 is 9.84 Å². The van der Waals surface area contributed by atoms with Crippen molar-refractivity contribution in [1.82, 2.24) is 0 Å². The van der Waals surface area contributed by atoms with Gasteiger partial charge in [-0.25, -0.2) is 0 Å². The van der Waals surface area contributed by atoms with Crippen molar-refractivity contribution in [3.8, 4) is 0 Å². The Kier molecular flexibility index (Phi) is 5.72. The molecule has 4 aliphatic rings. The van der Waals surface area contributed by atoms with E-state index in [-0.39, 0.29) is 17.5 Å². The smallest absolute Gasteiger partial charge is 0.302 e. The lowest BCUT2D eigenvalue weighted by molar-refractivity contribution is -0.170. The monoisotopic (exact) mass is 438 g/mol. The van der Waals surface area contributed by atoms with E-state index in [0.717, 1.165) is 43.9 Å². The molecule has 1 aromatic carbocycles. The molecule has 0 amide bonds. The molecule has 0 heterocycles. The Balaban J connectivity index is 1.31. The number of esters is 1. The largest absolute Gasteiger partial charge is 0.463 e. The van der Waals surface area contributed by atoms with E-state index in [1.807, 2.05) is 0 Å². The number of fused-ring (bicyclic) bond motifs is 5. The molecule has 0 aliphatic heterocycles. The first kappa shape index (κ1) is 22.4. The molecular formula is C29H42O3. The van der Waals surface area contributed by atoms with Gasteiger partial charge in [-0.15, -0.1) is 0 Å². The molecule has 3 heteroatoms. The van der Waals surface area contributed by atoms with Gasteiger partial charge in [0.05, 0.1) is 5.60 Å². The molecule has 32 heavy (non-hydrogen) atoms. The van der Waals surface area contributed by atoms with Gasteiger partial charge in [0.2, 0.25) is 0 Å². The first-order valence-electron chi connectivity index (χ1n) is 13.2. The van der Waals surface area contributed by atoms with Gasteiger partial charge in [-0.3, -0.25) is 4.79 Å². The summed E-state index contributed by atoms with van der Waals surface area (Å²) >= 11 is 0. The Bertz CT molecular complexity index is 836. The molecule has 0 bridgehead atoms. The molecule has 0 saturated heterocycles. The van der Waals surface area contributed by atoms with Gasteiger partial charge in [-0.05, 0) is 111 Å². The maximum atomic E-state index is 12.0. The van der Waals surface area contributed by atoms with Crippen LogP contribution in [0.5, 0.6) is 0 Å². The van der Waals surface area contributed by atoms with Crippen molar-refractivity contribution >= 4 is 5.97 Å². The summed E-state index contributed by atoms with van der Waals surface area (Å²) in [7, 11) is 0. The van der Waals surface area contributed by atoms with Gasteiger partial charge >= 0.3 is 5.97 Å². The van der Waals surface area contributed by atoms with E-state index >= 15 is 0 Å². The topological polar surface area (TPSA) is 46.5 Å². The molecule has 4 aliphatic carbocycles. The number of benzene rings is 1. The highest BCUT2D eigenvalue weighted by atomic mass is 16.5. The van der Waals surface area contributed by atoms with Crippen molar-refractivity contribution in [2.75, 3.05) is 0 Å². The lowest BCUT2D eigenvalue weighted by atomic mass is 9.44. The highest BCUT2D eigenvalue weighted by Crippen LogP contribution is 2.68. The van der Waals surface area contributed by atoms with Crippen LogP contribution in [-0.4, -0.2) is 22.8 Å². The van der Waals surface area contributed by atoms with E-state index in [1.54, 1.807) is 6.92 Å². The van der Waals surface area contributed by atoms with Gasteiger partial charge in [0.1, 0.15) is 6.10 Å². The van der Waals surface area contributed by atoms with Crippen molar-refractivity contribution < 1.29 is 14.6 Å². The van der Waals surface area contributed by atoms with Crippen LogP contribution in [0.1, 0.15) is 90.5 Å². The molecule has 0 radical (unpaired) electrons. The average Bonchev–Trinajstić information content (AvgIpc) is 3.04. The highest BCUT2D eigenvalue weighted by molar-refractivity contribution is 5.66. The highest BCUT2D eigenvalue weighted by Gasteiger charge is 2.64. The Morgan fingerprint density at radius 3 is 2.50 bits per heavy atom. The van der Waals surface area contributed by atoms with Crippen LogP contribution in [0.15, 0.2) is 30.3 Å². The fourth-order valence-corrected chi connectivity index (χ4v) is 9.08. The minimum absolute atomic E-state index is 0.0566. The van der Waals surface area contributed by atoms with Crippen LogP contribution in [0.25, 0.3) is 0 Å². The van der Waals surface area contributed by atoms with E-state index in [9.17, 15) is 9.90 Å². The summed E-state index contributed by atoms with van der Waals surface area (Å²) in [6, 6.07) is 10.7. The Morgan fingerprint density at radius 2 is 1.75 bits per heavy atom. The Morgan fingerprint density at radius 1 is 1.00 bits per heavy atom. The minimum Gasteiger partial charge on any atom is -0.463 e. The maximum Gasteiger partial charge on any atom is 0.302 e. The predicted molar refractivity (Wildman–Crippen MR) is 127 cm³/mol. The summed E-state index contributed by atoms with van der Waals surface area (Å²) in [5, 5.41) is 12.0. The van der Waals surface area contributed by atoms with Crippen LogP contribution < -0.4 is 0 Å². The summed E-state index contributed by atoms with van der Waals surface area (Å²) in [6.07, 6.45) is 12.4. The molecule has 4 fully saturated rings. The number of ether oxygens (including phenoxy) is 1. The van der Waals surface area contributed by atoms with Crippen molar-refractivity contribution in [3.63, 3.8) is 0 Å². The van der Waals surface area contributed by atoms with Gasteiger partial charge in [-0.1, -0.05) is 44.2 Å². The minimum atomic E-state index is -0.525. The fraction of sp³-hybridized carbons (Fsp3) is 0.759. The van der Waals surface area contributed by atoms with Crippen LogP contribution in [0.2, 0.25) is 0 Å². The SMILES string of the molecule is CC(=O)O[C@@H]1CC[C@@]2(C)[C@H](CC[C@H]3[C@H]4CC[C@@](O)(CCc5ccccc5)[C@]4(C)CC[C@@H]32)C1. The number of hydrogen-bond donors (Lipinski definition) is 1. The second-order valence-corrected chi connectivity index (χ2v) is 12.2. The van der Waals surface area contributed by atoms with Crippen LogP contribution in [0, 0.1) is 34.5 Å². The second kappa shape index (κ2) is 8.15. The van der Waals surface area contributed by atoms with Crippen molar-refractivity contribution in [2.24, 2.45) is 34.5 Å². The molecule has 176 valence electrons. The summed E-state index contributed by atoms with van der Waals surface area (Å²) in [5.74, 6) is 2.75. The third kappa shape index (κ3) is 3.54. The molecule has 0 spiro atoms. The first-order valence-corrected chi connectivity index (χ1v) is 13.2. The zero-order valence-electron chi connectivity index (χ0n) is 20.3. The Labute approximate surface area is 194 Å². The third-order valence-electron chi connectivity index (χ3n) is 10.9. The molecule has 0 aromatic heterocycles. The molecule has 1 N–H and O–H groups in total. The van der Waals surface area contributed by atoms with Crippen molar-refractivity contribution in [3.05, 3.63) is 35.9 Å². The second-order valence-electron chi connectivity index (χ2n) is 12.2. The molecule has 4 saturated carbocycles. The molecule has 3 nitrogen and oxygen atoms in total. The van der Waals surface area contributed by atoms with Gasteiger partial charge in [0.15, 0.2) is 0 Å². The zero-order chi connectivity index (χ0) is 22.6.